The largest absolute Gasteiger partial charge is 0.480 e. The van der Waals surface area contributed by atoms with Crippen LogP contribution in [0.25, 0.3) is 0 Å². The molecule has 1 aliphatic heterocycles. The molecular formula is C19H23N3O6. The number of nitrogens with one attached hydrogen (secondary N) is 1. The van der Waals surface area contributed by atoms with Gasteiger partial charge in [0.2, 0.25) is 5.91 Å². The Bertz CT molecular complexity index is 811. The average Bonchev–Trinajstić information content (AvgIpc) is 3.07. The van der Waals surface area contributed by atoms with Gasteiger partial charge in [0.15, 0.2) is 0 Å². The Balaban J connectivity index is 1.74. The zero-order valence-electron chi connectivity index (χ0n) is 15.5. The van der Waals surface area contributed by atoms with E-state index in [9.17, 15) is 29.6 Å². The molecule has 2 N–H and O–H groups in total. The Kier molecular flexibility index (Phi) is 5.62. The third-order valence-electron chi connectivity index (χ3n) is 5.66. The lowest BCUT2D eigenvalue weighted by molar-refractivity contribution is -0.384. The summed E-state index contributed by atoms with van der Waals surface area (Å²) < 4.78 is 0. The number of nitro benzene ring substituents is 1. The van der Waals surface area contributed by atoms with Crippen molar-refractivity contribution in [2.75, 3.05) is 0 Å². The molecule has 3 rings (SSSR count). The van der Waals surface area contributed by atoms with Crippen LogP contribution in [0.5, 0.6) is 0 Å². The van der Waals surface area contributed by atoms with Crippen LogP contribution in [0.3, 0.4) is 0 Å². The molecule has 1 aromatic rings. The van der Waals surface area contributed by atoms with Crippen molar-refractivity contribution in [3.63, 3.8) is 0 Å². The van der Waals surface area contributed by atoms with Gasteiger partial charge >= 0.3 is 5.97 Å². The Morgan fingerprint density at radius 1 is 1.29 bits per heavy atom. The van der Waals surface area contributed by atoms with E-state index in [2.05, 4.69) is 5.32 Å². The number of benzene rings is 1. The molecule has 0 bridgehead atoms. The lowest BCUT2D eigenvalue weighted by atomic mass is 9.84. The minimum Gasteiger partial charge on any atom is -0.480 e. The van der Waals surface area contributed by atoms with Gasteiger partial charge < -0.3 is 15.3 Å². The van der Waals surface area contributed by atoms with Crippen molar-refractivity contribution in [1.82, 2.24) is 10.2 Å². The van der Waals surface area contributed by atoms with Crippen molar-refractivity contribution >= 4 is 23.5 Å². The highest BCUT2D eigenvalue weighted by molar-refractivity contribution is 5.98. The molecule has 2 fully saturated rings. The summed E-state index contributed by atoms with van der Waals surface area (Å²) in [5, 5.41) is 23.0. The number of hydrogen-bond acceptors (Lipinski definition) is 5. The Morgan fingerprint density at radius 2 is 2.00 bits per heavy atom. The maximum absolute atomic E-state index is 13.0. The van der Waals surface area contributed by atoms with Crippen LogP contribution in [-0.2, 0) is 9.59 Å². The van der Waals surface area contributed by atoms with E-state index in [-0.39, 0.29) is 23.2 Å². The van der Waals surface area contributed by atoms with E-state index in [1.807, 2.05) is 0 Å². The first kappa shape index (κ1) is 19.8. The van der Waals surface area contributed by atoms with E-state index in [1.54, 1.807) is 0 Å². The second kappa shape index (κ2) is 7.95. The van der Waals surface area contributed by atoms with Crippen molar-refractivity contribution in [1.29, 1.82) is 0 Å². The van der Waals surface area contributed by atoms with Gasteiger partial charge in [0.05, 0.1) is 4.92 Å². The molecule has 4 unspecified atom stereocenters. The molecule has 0 spiro atoms. The molecule has 28 heavy (non-hydrogen) atoms. The summed E-state index contributed by atoms with van der Waals surface area (Å²) in [6.07, 6.45) is 4.11. The summed E-state index contributed by atoms with van der Waals surface area (Å²) in [7, 11) is 0. The van der Waals surface area contributed by atoms with E-state index < -0.39 is 34.8 Å². The van der Waals surface area contributed by atoms with E-state index in [4.69, 9.17) is 0 Å². The number of aliphatic carboxylic acids is 1. The van der Waals surface area contributed by atoms with E-state index >= 15 is 0 Å². The number of fused-ring (bicyclic) bond motifs is 1. The summed E-state index contributed by atoms with van der Waals surface area (Å²) in [6, 6.07) is 3.31. The zero-order valence-corrected chi connectivity index (χ0v) is 15.5. The Labute approximate surface area is 161 Å². The van der Waals surface area contributed by atoms with Crippen molar-refractivity contribution in [3.8, 4) is 0 Å². The van der Waals surface area contributed by atoms with Gasteiger partial charge in [-0.15, -0.1) is 0 Å². The average molecular weight is 389 g/mol. The number of nitrogens with zero attached hydrogens (tertiary/aromatic N) is 2. The predicted octanol–water partition coefficient (Wildman–Crippen LogP) is 1.96. The first-order valence-electron chi connectivity index (χ1n) is 9.40. The smallest absolute Gasteiger partial charge is 0.326 e. The fourth-order valence-electron chi connectivity index (χ4n) is 4.32. The van der Waals surface area contributed by atoms with Crippen LogP contribution in [0.2, 0.25) is 0 Å². The molecule has 2 aliphatic rings. The van der Waals surface area contributed by atoms with Crippen LogP contribution in [0.15, 0.2) is 24.3 Å². The third kappa shape index (κ3) is 3.83. The fraction of sp³-hybridized carbons (Fsp3) is 0.526. The second-order valence-corrected chi connectivity index (χ2v) is 7.45. The molecular weight excluding hydrogens is 366 g/mol. The number of carbonyl (C=O) groups excluding carboxylic acids is 2. The molecule has 150 valence electrons. The molecule has 9 nitrogen and oxygen atoms in total. The molecule has 1 heterocycles. The zero-order chi connectivity index (χ0) is 20.4. The summed E-state index contributed by atoms with van der Waals surface area (Å²) in [5.74, 6) is -1.89. The Hall–Kier alpha value is -2.97. The highest BCUT2D eigenvalue weighted by atomic mass is 16.6. The highest BCUT2D eigenvalue weighted by Crippen LogP contribution is 2.40. The van der Waals surface area contributed by atoms with Gasteiger partial charge in [0, 0.05) is 23.7 Å². The summed E-state index contributed by atoms with van der Waals surface area (Å²) >= 11 is 0. The van der Waals surface area contributed by atoms with Crippen LogP contribution in [-0.4, -0.2) is 50.8 Å². The van der Waals surface area contributed by atoms with Gasteiger partial charge in [-0.3, -0.25) is 19.7 Å². The number of carboxylic acids is 1. The summed E-state index contributed by atoms with van der Waals surface area (Å²) in [4.78, 5) is 48.8. The summed E-state index contributed by atoms with van der Waals surface area (Å²) in [6.45, 7) is 1.51. The molecule has 1 aliphatic carbocycles. The lowest BCUT2D eigenvalue weighted by Crippen LogP contribution is -2.53. The number of rotatable bonds is 5. The number of non-ortho nitro benzene ring substituents is 1. The maximum Gasteiger partial charge on any atom is 0.326 e. The molecule has 9 heteroatoms. The van der Waals surface area contributed by atoms with Crippen LogP contribution in [0, 0.1) is 16.0 Å². The number of likely N-dealkylation sites (tertiary alicyclic amines) is 1. The minimum atomic E-state index is -1.03. The molecule has 0 aromatic heterocycles. The molecule has 1 aromatic carbocycles. The van der Waals surface area contributed by atoms with E-state index in [0.717, 1.165) is 31.7 Å². The van der Waals surface area contributed by atoms with E-state index in [0.29, 0.717) is 6.42 Å². The predicted molar refractivity (Wildman–Crippen MR) is 98.7 cm³/mol. The normalized spacial score (nSPS) is 24.9. The SMILES string of the molecule is CC(NC(=O)c1cccc([N+](=O)[O-])c1)C(=O)N1C(C(=O)O)CC2CCCCC21. The topological polar surface area (TPSA) is 130 Å². The minimum absolute atomic E-state index is 0.0700. The number of hydrogen-bond donors (Lipinski definition) is 2. The van der Waals surface area contributed by atoms with Gasteiger partial charge in [0.1, 0.15) is 12.1 Å². The van der Waals surface area contributed by atoms with Crippen molar-refractivity contribution < 1.29 is 24.4 Å². The number of carboxylic acid groups (broad SMARTS) is 1. The first-order valence-corrected chi connectivity index (χ1v) is 9.40. The second-order valence-electron chi connectivity index (χ2n) is 7.45. The highest BCUT2D eigenvalue weighted by Gasteiger charge is 2.48. The summed E-state index contributed by atoms with van der Waals surface area (Å²) in [5.41, 5.74) is -0.150. The third-order valence-corrected chi connectivity index (χ3v) is 5.66. The Morgan fingerprint density at radius 3 is 2.68 bits per heavy atom. The fourth-order valence-corrected chi connectivity index (χ4v) is 4.32. The molecule has 4 atom stereocenters. The van der Waals surface area contributed by atoms with Gasteiger partial charge in [-0.25, -0.2) is 4.79 Å². The van der Waals surface area contributed by atoms with Crippen LogP contribution in [0.4, 0.5) is 5.69 Å². The monoisotopic (exact) mass is 389 g/mol. The van der Waals surface area contributed by atoms with Gasteiger partial charge in [0.25, 0.3) is 11.6 Å². The molecule has 2 amide bonds. The number of amides is 2. The van der Waals surface area contributed by atoms with Gasteiger partial charge in [-0.05, 0) is 38.2 Å². The number of carbonyl (C=O) groups is 3. The molecule has 1 saturated heterocycles. The first-order chi connectivity index (χ1) is 13.3. The van der Waals surface area contributed by atoms with Crippen molar-refractivity contribution in [2.45, 2.75) is 57.2 Å². The van der Waals surface area contributed by atoms with Gasteiger partial charge in [-0.2, -0.15) is 0 Å². The van der Waals surface area contributed by atoms with Crippen molar-refractivity contribution in [3.05, 3.63) is 39.9 Å². The molecule has 1 saturated carbocycles. The standard InChI is InChI=1S/C19H23N3O6/c1-11(20-17(23)13-6-4-7-14(9-13)22(27)28)18(24)21-15-8-3-2-5-12(15)10-16(21)19(25)26/h4,6-7,9,11-12,15-16H,2-3,5,8,10H2,1H3,(H,20,23)(H,25,26). The quantitative estimate of drug-likeness (QED) is 0.585. The van der Waals surface area contributed by atoms with Gasteiger partial charge in [-0.1, -0.05) is 18.9 Å². The molecule has 0 radical (unpaired) electrons. The maximum atomic E-state index is 13.0. The van der Waals surface area contributed by atoms with Crippen molar-refractivity contribution in [2.24, 2.45) is 5.92 Å². The lowest BCUT2D eigenvalue weighted by Gasteiger charge is -2.34. The van der Waals surface area contributed by atoms with E-state index in [1.165, 1.54) is 30.0 Å². The van der Waals surface area contributed by atoms with Crippen LogP contribution >= 0.6 is 0 Å². The van der Waals surface area contributed by atoms with Crippen LogP contribution in [0.1, 0.15) is 49.4 Å². The number of nitro groups is 1. The van der Waals surface area contributed by atoms with Crippen LogP contribution < -0.4 is 5.32 Å².